The third-order valence-corrected chi connectivity index (χ3v) is 11.3. The molecule has 2 unspecified atom stereocenters. The van der Waals surface area contributed by atoms with Crippen molar-refractivity contribution in [1.82, 2.24) is 0 Å². The van der Waals surface area contributed by atoms with Gasteiger partial charge in [-0.1, -0.05) is 183 Å². The van der Waals surface area contributed by atoms with Crippen LogP contribution in [0.3, 0.4) is 0 Å². The Bertz CT molecular complexity index is 2780. The molecule has 8 aromatic rings. The summed E-state index contributed by atoms with van der Waals surface area (Å²) in [5, 5.41) is 14.4. The molecule has 2 atom stereocenters. The first-order valence-electron chi connectivity index (χ1n) is 19.6. The number of rotatable bonds is 7. The van der Waals surface area contributed by atoms with E-state index in [1.165, 1.54) is 33.2 Å². The van der Waals surface area contributed by atoms with Gasteiger partial charge in [0.15, 0.2) is 5.84 Å². The van der Waals surface area contributed by atoms with Gasteiger partial charge in [0.25, 0.3) is 0 Å². The average molecular weight is 722 g/mol. The number of hydrogen-bond donors (Lipinski definition) is 1. The van der Waals surface area contributed by atoms with E-state index in [0.29, 0.717) is 11.5 Å². The minimum absolute atomic E-state index is 0.0840. The van der Waals surface area contributed by atoms with Crippen LogP contribution in [0.4, 0.5) is 0 Å². The van der Waals surface area contributed by atoms with Crippen molar-refractivity contribution in [3.8, 4) is 22.3 Å². The van der Waals surface area contributed by atoms with Gasteiger partial charge in [0.1, 0.15) is 0 Å². The van der Waals surface area contributed by atoms with Crippen LogP contribution in [0.25, 0.3) is 43.8 Å². The van der Waals surface area contributed by atoms with Crippen LogP contribution in [0, 0.1) is 18.3 Å². The van der Waals surface area contributed by atoms with Gasteiger partial charge < -0.3 is 0 Å². The fourth-order valence-corrected chi connectivity index (χ4v) is 8.32. The Balaban J connectivity index is 1.19. The fourth-order valence-electron chi connectivity index (χ4n) is 8.32. The summed E-state index contributed by atoms with van der Waals surface area (Å²) in [6.07, 6.45) is 1.77. The standard InChI is InChI=1S/C53H43N3/c1-35-24-26-41-30-29-40-18-9-10-22-46(40)50(41)49(35)51(54)43-19-13-20-44(34-43)53-55-48(47-23-12-11-21-45(47)39-16-7-4-8-17-39)33-25-36(2)52(56-53)42-31-27-38(28-32-42)37-14-5-3-6-15-37/h3-24,26-32,34,36,52,54H,25,33H2,1-2H3. The maximum absolute atomic E-state index is 9.78. The predicted molar refractivity (Wildman–Crippen MR) is 237 cm³/mol. The lowest BCUT2D eigenvalue weighted by Crippen LogP contribution is -2.18. The third-order valence-electron chi connectivity index (χ3n) is 11.3. The summed E-state index contributed by atoms with van der Waals surface area (Å²) < 4.78 is 0. The summed E-state index contributed by atoms with van der Waals surface area (Å²) in [6.45, 7) is 4.44. The molecule has 270 valence electrons. The van der Waals surface area contributed by atoms with E-state index in [4.69, 9.17) is 9.98 Å². The molecule has 0 aromatic heterocycles. The van der Waals surface area contributed by atoms with Gasteiger partial charge in [0, 0.05) is 22.3 Å². The number of nitrogens with zero attached hydrogens (tertiary/aromatic N) is 2. The van der Waals surface area contributed by atoms with Gasteiger partial charge in [0.05, 0.1) is 17.5 Å². The van der Waals surface area contributed by atoms with E-state index >= 15 is 0 Å². The molecular weight excluding hydrogens is 679 g/mol. The normalized spacial score (nSPS) is 15.8. The first-order chi connectivity index (χ1) is 27.5. The maximum atomic E-state index is 9.78. The van der Waals surface area contributed by atoms with Gasteiger partial charge in [-0.3, -0.25) is 10.4 Å². The van der Waals surface area contributed by atoms with Gasteiger partial charge in [-0.2, -0.15) is 0 Å². The van der Waals surface area contributed by atoms with E-state index in [0.717, 1.165) is 62.5 Å². The zero-order valence-electron chi connectivity index (χ0n) is 31.8. The highest BCUT2D eigenvalue weighted by Gasteiger charge is 2.25. The van der Waals surface area contributed by atoms with Crippen molar-refractivity contribution >= 4 is 38.8 Å². The van der Waals surface area contributed by atoms with Crippen LogP contribution >= 0.6 is 0 Å². The summed E-state index contributed by atoms with van der Waals surface area (Å²) in [7, 11) is 0. The second-order valence-corrected chi connectivity index (χ2v) is 15.0. The molecule has 1 aliphatic rings. The lowest BCUT2D eigenvalue weighted by atomic mass is 9.86. The third kappa shape index (κ3) is 6.78. The Morgan fingerprint density at radius 3 is 1.98 bits per heavy atom. The molecule has 1 N–H and O–H groups in total. The van der Waals surface area contributed by atoms with E-state index in [1.54, 1.807) is 0 Å². The lowest BCUT2D eigenvalue weighted by Gasteiger charge is -2.25. The van der Waals surface area contributed by atoms with Crippen molar-refractivity contribution in [3.63, 3.8) is 0 Å². The van der Waals surface area contributed by atoms with Gasteiger partial charge in [-0.15, -0.1) is 0 Å². The molecule has 0 fully saturated rings. The Hall–Kier alpha value is -6.71. The second-order valence-electron chi connectivity index (χ2n) is 15.0. The maximum Gasteiger partial charge on any atom is 0.155 e. The molecule has 0 aliphatic carbocycles. The van der Waals surface area contributed by atoms with Crippen LogP contribution in [0.2, 0.25) is 0 Å². The van der Waals surface area contributed by atoms with E-state index in [9.17, 15) is 5.41 Å². The van der Waals surface area contributed by atoms with Crippen LogP contribution < -0.4 is 0 Å². The second kappa shape index (κ2) is 15.2. The van der Waals surface area contributed by atoms with Crippen LogP contribution in [-0.4, -0.2) is 17.3 Å². The molecule has 0 saturated heterocycles. The van der Waals surface area contributed by atoms with Gasteiger partial charge in [0.2, 0.25) is 0 Å². The quantitative estimate of drug-likeness (QED) is 0.126. The van der Waals surface area contributed by atoms with Gasteiger partial charge in [-0.25, -0.2) is 4.99 Å². The van der Waals surface area contributed by atoms with E-state index in [-0.39, 0.29) is 12.0 Å². The van der Waals surface area contributed by atoms with Crippen molar-refractivity contribution in [1.29, 1.82) is 5.41 Å². The molecule has 0 radical (unpaired) electrons. The van der Waals surface area contributed by atoms with Gasteiger partial charge >= 0.3 is 0 Å². The number of nitrogens with one attached hydrogen (secondary N) is 1. The molecule has 1 heterocycles. The molecule has 0 saturated carbocycles. The minimum atomic E-state index is -0.0840. The largest absolute Gasteiger partial charge is 0.300 e. The summed E-state index contributed by atoms with van der Waals surface area (Å²) in [5.74, 6) is 0.955. The van der Waals surface area contributed by atoms with E-state index < -0.39 is 0 Å². The SMILES string of the molecule is Cc1ccc2ccc3ccccc3c2c1C(=N)c1cccc(C2=NC(c3ccc(-c4ccccc4)cc3)C(C)CCC(c3ccccc3-c3ccccc3)=N2)c1. The van der Waals surface area contributed by atoms with E-state index in [2.05, 4.69) is 196 Å². The number of hydrogen-bond acceptors (Lipinski definition) is 3. The number of aryl methyl sites for hydroxylation is 1. The van der Waals surface area contributed by atoms with Crippen LogP contribution in [0.5, 0.6) is 0 Å². The summed E-state index contributed by atoms with van der Waals surface area (Å²) >= 11 is 0. The summed E-state index contributed by atoms with van der Waals surface area (Å²) in [4.78, 5) is 11.1. The Labute approximate surface area is 329 Å². The van der Waals surface area contributed by atoms with Crippen LogP contribution in [-0.2, 0) is 0 Å². The number of fused-ring (bicyclic) bond motifs is 3. The van der Waals surface area contributed by atoms with E-state index in [1.807, 2.05) is 0 Å². The molecule has 3 nitrogen and oxygen atoms in total. The monoisotopic (exact) mass is 721 g/mol. The molecule has 3 heteroatoms. The van der Waals surface area contributed by atoms with Crippen LogP contribution in [0.1, 0.15) is 59.2 Å². The Kier molecular flexibility index (Phi) is 9.51. The molecular formula is C53H43N3. The van der Waals surface area contributed by atoms with Crippen molar-refractivity contribution in [2.45, 2.75) is 32.7 Å². The molecule has 9 rings (SSSR count). The Morgan fingerprint density at radius 2 is 1.20 bits per heavy atom. The average Bonchev–Trinajstić information content (AvgIpc) is 3.26. The van der Waals surface area contributed by atoms with Crippen molar-refractivity contribution in [2.75, 3.05) is 0 Å². The summed E-state index contributed by atoms with van der Waals surface area (Å²) in [6, 6.07) is 64.0. The fraction of sp³-hybridized carbons (Fsp3) is 0.113. The Morgan fingerprint density at radius 1 is 0.571 bits per heavy atom. The minimum Gasteiger partial charge on any atom is -0.300 e. The molecule has 8 aromatic carbocycles. The number of aliphatic imine (C=N–C) groups is 2. The summed E-state index contributed by atoms with van der Waals surface area (Å²) in [5.41, 5.74) is 12.4. The zero-order chi connectivity index (χ0) is 38.0. The van der Waals surface area contributed by atoms with Crippen LogP contribution in [0.15, 0.2) is 192 Å². The number of amidine groups is 1. The molecule has 56 heavy (non-hydrogen) atoms. The highest BCUT2D eigenvalue weighted by Crippen LogP contribution is 2.36. The highest BCUT2D eigenvalue weighted by molar-refractivity contribution is 6.25. The predicted octanol–water partition coefficient (Wildman–Crippen LogP) is 13.5. The first kappa shape index (κ1) is 35.0. The number of benzene rings is 8. The zero-order valence-corrected chi connectivity index (χ0v) is 31.8. The topological polar surface area (TPSA) is 48.6 Å². The first-order valence-corrected chi connectivity index (χ1v) is 19.6. The molecule has 0 amide bonds. The van der Waals surface area contributed by atoms with Gasteiger partial charge in [-0.05, 0) is 86.7 Å². The lowest BCUT2D eigenvalue weighted by molar-refractivity contribution is 0.446. The van der Waals surface area contributed by atoms with Crippen molar-refractivity contribution in [3.05, 3.63) is 215 Å². The molecule has 0 bridgehead atoms. The molecule has 1 aliphatic heterocycles. The smallest absolute Gasteiger partial charge is 0.155 e. The van der Waals surface area contributed by atoms with Crippen molar-refractivity contribution in [2.24, 2.45) is 15.9 Å². The highest BCUT2D eigenvalue weighted by atomic mass is 15.0. The van der Waals surface area contributed by atoms with Crippen molar-refractivity contribution < 1.29 is 0 Å². The molecule has 0 spiro atoms.